The van der Waals surface area contributed by atoms with Gasteiger partial charge in [0.2, 0.25) is 5.88 Å². The van der Waals surface area contributed by atoms with E-state index in [2.05, 4.69) is 20.3 Å². The topological polar surface area (TPSA) is 106 Å². The molecule has 3 rings (SSSR count). The van der Waals surface area contributed by atoms with Crippen molar-refractivity contribution in [3.63, 3.8) is 0 Å². The Hall–Kier alpha value is -2.69. The van der Waals surface area contributed by atoms with Crippen LogP contribution in [0.1, 0.15) is 10.5 Å². The number of carboxylic acid groups (broad SMARTS) is 1. The van der Waals surface area contributed by atoms with E-state index >= 15 is 0 Å². The van der Waals surface area contributed by atoms with Crippen molar-refractivity contribution >= 4 is 5.97 Å². The maximum atomic E-state index is 11.1. The van der Waals surface area contributed by atoms with Crippen molar-refractivity contribution in [2.24, 2.45) is 0 Å². The Morgan fingerprint density at radius 1 is 1.30 bits per heavy atom. The van der Waals surface area contributed by atoms with Gasteiger partial charge in [-0.2, -0.15) is 10.2 Å². The number of hydrogen-bond acceptors (Lipinski definition) is 7. The molecule has 0 fully saturated rings. The Morgan fingerprint density at radius 3 is 2.70 bits per heavy atom. The number of pyridine rings is 1. The third-order valence-electron chi connectivity index (χ3n) is 2.93. The summed E-state index contributed by atoms with van der Waals surface area (Å²) in [5, 5.41) is 22.8. The number of carbonyl (C=O) groups excluding carboxylic acids is 1. The average molecular weight is 303 g/mol. The van der Waals surface area contributed by atoms with Gasteiger partial charge in [0.15, 0.2) is 0 Å². The van der Waals surface area contributed by atoms with Crippen molar-refractivity contribution in [1.29, 1.82) is 0 Å². The molecule has 8 nitrogen and oxygen atoms in total. The van der Waals surface area contributed by atoms with Gasteiger partial charge in [0.25, 0.3) is 0 Å². The first-order valence-electron chi connectivity index (χ1n) is 6.29. The van der Waals surface area contributed by atoms with Crippen molar-refractivity contribution in [3.8, 4) is 23.0 Å². The van der Waals surface area contributed by atoms with E-state index in [0.29, 0.717) is 23.0 Å². The van der Waals surface area contributed by atoms with Crippen LogP contribution in [0.4, 0.5) is 0 Å². The van der Waals surface area contributed by atoms with Gasteiger partial charge in [-0.25, -0.2) is 9.67 Å². The molecule has 0 aliphatic carbocycles. The van der Waals surface area contributed by atoms with Gasteiger partial charge >= 0.3 is 18.9 Å². The van der Waals surface area contributed by atoms with Crippen molar-refractivity contribution in [1.82, 2.24) is 25.0 Å². The van der Waals surface area contributed by atoms with E-state index < -0.39 is 5.97 Å². The summed E-state index contributed by atoms with van der Waals surface area (Å²) in [6.07, 6.45) is 3.05. The molecule has 0 N–H and O–H groups in total. The third-order valence-corrected chi connectivity index (χ3v) is 2.93. The molecule has 0 radical (unpaired) electrons. The van der Waals surface area contributed by atoms with Gasteiger partial charge in [-0.1, -0.05) is 0 Å². The number of methoxy groups -OCH3 is 1. The number of hydrogen-bond donors (Lipinski definition) is 0. The van der Waals surface area contributed by atoms with Crippen LogP contribution in [0.25, 0.3) is 17.1 Å². The third kappa shape index (κ3) is 3.39. The molecular formula is C14H10LiN5O3. The maximum absolute atomic E-state index is 11.1. The number of carboxylic acids is 1. The molecule has 110 valence electrons. The van der Waals surface area contributed by atoms with Crippen LogP contribution in [-0.4, -0.2) is 38.0 Å². The summed E-state index contributed by atoms with van der Waals surface area (Å²) >= 11 is 0. The van der Waals surface area contributed by atoms with E-state index in [4.69, 9.17) is 4.74 Å². The first kappa shape index (κ1) is 16.7. The van der Waals surface area contributed by atoms with Crippen LogP contribution in [0, 0.1) is 0 Å². The second kappa shape index (κ2) is 7.04. The standard InChI is InChI=1S/C14H11N5O3.Li/c1-22-13-5-4-9(8-15-13)19-12(7-11(18-19)14(20)21)10-3-2-6-16-17-10;/h2-8H,1H3,(H,20,21);/q;+1/p-1. The zero-order chi connectivity index (χ0) is 15.5. The Morgan fingerprint density at radius 2 is 2.13 bits per heavy atom. The molecule has 3 heterocycles. The van der Waals surface area contributed by atoms with Gasteiger partial charge in [0.05, 0.1) is 30.7 Å². The largest absolute Gasteiger partial charge is 1.00 e. The second-order valence-electron chi connectivity index (χ2n) is 4.28. The number of ether oxygens (including phenoxy) is 1. The van der Waals surface area contributed by atoms with Crippen molar-refractivity contribution in [3.05, 3.63) is 48.4 Å². The van der Waals surface area contributed by atoms with Crippen LogP contribution in [0.5, 0.6) is 5.88 Å². The molecule has 23 heavy (non-hydrogen) atoms. The summed E-state index contributed by atoms with van der Waals surface area (Å²) in [6, 6.07) is 8.14. The quantitative estimate of drug-likeness (QED) is 0.476. The second-order valence-corrected chi connectivity index (χ2v) is 4.28. The minimum atomic E-state index is -1.37. The van der Waals surface area contributed by atoms with Gasteiger partial charge in [-0.3, -0.25) is 0 Å². The summed E-state index contributed by atoms with van der Waals surface area (Å²) in [4.78, 5) is 15.2. The first-order chi connectivity index (χ1) is 10.7. The predicted octanol–water partition coefficient (Wildman–Crippen LogP) is -2.90. The van der Waals surface area contributed by atoms with Crippen LogP contribution in [-0.2, 0) is 0 Å². The Labute approximate surface area is 143 Å². The van der Waals surface area contributed by atoms with Gasteiger partial charge in [-0.15, -0.1) is 5.10 Å². The molecule has 3 aromatic rings. The summed E-state index contributed by atoms with van der Waals surface area (Å²) < 4.78 is 6.41. The number of aromatic carboxylic acids is 1. The Bertz CT molecular complexity index is 805. The molecule has 0 aromatic carbocycles. The molecule has 0 aliphatic rings. The molecule has 0 saturated carbocycles. The van der Waals surface area contributed by atoms with Crippen LogP contribution in [0.15, 0.2) is 42.7 Å². The van der Waals surface area contributed by atoms with Crippen LogP contribution < -0.4 is 28.7 Å². The monoisotopic (exact) mass is 303 g/mol. The van der Waals surface area contributed by atoms with Crippen molar-refractivity contribution in [2.75, 3.05) is 7.11 Å². The number of carbonyl (C=O) groups is 1. The Balaban J connectivity index is 0.00000192. The minimum Gasteiger partial charge on any atom is -0.543 e. The van der Waals surface area contributed by atoms with E-state index in [0.717, 1.165) is 0 Å². The van der Waals surface area contributed by atoms with Gasteiger partial charge in [0.1, 0.15) is 11.4 Å². The Kier molecular flexibility index (Phi) is 5.11. The fourth-order valence-corrected chi connectivity index (χ4v) is 1.92. The number of aromatic nitrogens is 5. The first-order valence-corrected chi connectivity index (χ1v) is 6.29. The fraction of sp³-hybridized carbons (Fsp3) is 0.0714. The molecular weight excluding hydrogens is 293 g/mol. The average Bonchev–Trinajstić information content (AvgIpc) is 3.01. The molecule has 0 saturated heterocycles. The van der Waals surface area contributed by atoms with Gasteiger partial charge < -0.3 is 14.6 Å². The molecule has 0 aliphatic heterocycles. The van der Waals surface area contributed by atoms with Crippen LogP contribution >= 0.6 is 0 Å². The van der Waals surface area contributed by atoms with E-state index in [1.54, 1.807) is 24.3 Å². The molecule has 9 heteroatoms. The SMILES string of the molecule is COc1ccc(-n2nc(C(=O)[O-])cc2-c2cccnn2)cn1.[Li+]. The zero-order valence-corrected chi connectivity index (χ0v) is 12.5. The van der Waals surface area contributed by atoms with Crippen molar-refractivity contribution < 1.29 is 33.5 Å². The molecule has 0 bridgehead atoms. The van der Waals surface area contributed by atoms with E-state index in [1.807, 2.05) is 0 Å². The molecule has 0 unspecified atom stereocenters. The number of nitrogens with zero attached hydrogens (tertiary/aromatic N) is 5. The predicted molar refractivity (Wildman–Crippen MR) is 73.3 cm³/mol. The van der Waals surface area contributed by atoms with Crippen molar-refractivity contribution in [2.45, 2.75) is 0 Å². The maximum Gasteiger partial charge on any atom is 1.00 e. The zero-order valence-electron chi connectivity index (χ0n) is 12.5. The normalized spacial score (nSPS) is 9.96. The van der Waals surface area contributed by atoms with Gasteiger partial charge in [-0.05, 0) is 24.3 Å². The molecule has 0 spiro atoms. The molecule has 0 atom stereocenters. The summed E-state index contributed by atoms with van der Waals surface area (Å²) in [7, 11) is 1.51. The van der Waals surface area contributed by atoms with E-state index in [9.17, 15) is 9.90 Å². The smallest absolute Gasteiger partial charge is 0.543 e. The van der Waals surface area contributed by atoms with E-state index in [-0.39, 0.29) is 24.6 Å². The summed E-state index contributed by atoms with van der Waals surface area (Å²) in [6.45, 7) is 0. The van der Waals surface area contributed by atoms with E-state index in [1.165, 1.54) is 30.3 Å². The fourth-order valence-electron chi connectivity index (χ4n) is 1.92. The minimum absolute atomic E-state index is 0. The van der Waals surface area contributed by atoms with Crippen LogP contribution in [0.2, 0.25) is 0 Å². The summed E-state index contributed by atoms with van der Waals surface area (Å²) in [5.74, 6) is -0.928. The van der Waals surface area contributed by atoms with Gasteiger partial charge in [0, 0.05) is 12.3 Å². The summed E-state index contributed by atoms with van der Waals surface area (Å²) in [5.41, 5.74) is 1.32. The molecule has 3 aromatic heterocycles. The number of rotatable bonds is 4. The van der Waals surface area contributed by atoms with Crippen LogP contribution in [0.3, 0.4) is 0 Å². The molecule has 0 amide bonds.